The van der Waals surface area contributed by atoms with Gasteiger partial charge in [-0.15, -0.1) is 0 Å². The summed E-state index contributed by atoms with van der Waals surface area (Å²) < 4.78 is 28.8. The van der Waals surface area contributed by atoms with Crippen LogP contribution in [0.15, 0.2) is 12.1 Å². The average molecular weight is 213 g/mol. The van der Waals surface area contributed by atoms with Gasteiger partial charge in [-0.05, 0) is 0 Å². The van der Waals surface area contributed by atoms with Gasteiger partial charge in [0.2, 0.25) is 6.86 Å². The largest absolute Gasteiger partial charge is 0.463 e. The molecule has 0 spiro atoms. The molecule has 0 bridgehead atoms. The second kappa shape index (κ2) is 3.92. The molecule has 1 rings (SSSR count). The fourth-order valence-corrected chi connectivity index (χ4v) is 1.15. The maximum atomic E-state index is 12.7. The Labute approximate surface area is 77.8 Å². The quantitative estimate of drug-likeness (QED) is 0.683. The predicted molar refractivity (Wildman–Crippen MR) is 43.0 cm³/mol. The van der Waals surface area contributed by atoms with Gasteiger partial charge in [0.25, 0.3) is 0 Å². The van der Waals surface area contributed by atoms with Crippen LogP contribution in [0, 0.1) is 5.82 Å². The highest BCUT2D eigenvalue weighted by molar-refractivity contribution is 6.35. The van der Waals surface area contributed by atoms with E-state index < -0.39 is 12.7 Å². The number of halogens is 4. The average Bonchev–Trinajstić information content (AvgIpc) is 2.01. The van der Waals surface area contributed by atoms with Crippen LogP contribution in [0.25, 0.3) is 0 Å². The molecule has 5 heteroatoms. The van der Waals surface area contributed by atoms with Crippen LogP contribution in [-0.2, 0) is 0 Å². The Morgan fingerprint density at radius 2 is 1.75 bits per heavy atom. The molecule has 1 nitrogen and oxygen atoms in total. The zero-order chi connectivity index (χ0) is 9.14. The van der Waals surface area contributed by atoms with E-state index in [1.165, 1.54) is 0 Å². The number of rotatable bonds is 2. The summed E-state index contributed by atoms with van der Waals surface area (Å²) in [5.41, 5.74) is 0. The summed E-state index contributed by atoms with van der Waals surface area (Å²) in [5, 5.41) is -0.378. The summed E-state index contributed by atoms with van der Waals surface area (Å²) in [4.78, 5) is 0. The molecule has 0 heterocycles. The van der Waals surface area contributed by atoms with E-state index in [-0.39, 0.29) is 15.8 Å². The van der Waals surface area contributed by atoms with Crippen LogP contribution < -0.4 is 4.74 Å². The van der Waals surface area contributed by atoms with Crippen molar-refractivity contribution < 1.29 is 13.5 Å². The molecule has 0 saturated carbocycles. The number of alkyl halides is 1. The molecule has 0 aromatic heterocycles. The van der Waals surface area contributed by atoms with E-state index in [0.29, 0.717) is 0 Å². The fraction of sp³-hybridized carbons (Fsp3) is 0.143. The lowest BCUT2D eigenvalue weighted by atomic mass is 10.3. The highest BCUT2D eigenvalue weighted by atomic mass is 35.5. The summed E-state index contributed by atoms with van der Waals surface area (Å²) in [5.74, 6) is -0.626. The molecule has 66 valence electrons. The zero-order valence-electron chi connectivity index (χ0n) is 5.78. The summed E-state index contributed by atoms with van der Waals surface area (Å²) in [6.45, 7) is -1.00. The molecule has 0 amide bonds. The lowest BCUT2D eigenvalue weighted by Gasteiger charge is -2.03. The Morgan fingerprint density at radius 3 is 2.17 bits per heavy atom. The lowest BCUT2D eigenvalue weighted by molar-refractivity contribution is 0.191. The molecule has 0 fully saturated rings. The van der Waals surface area contributed by atoms with Crippen molar-refractivity contribution in [3.63, 3.8) is 0 Å². The van der Waals surface area contributed by atoms with Gasteiger partial charge in [0.15, 0.2) is 5.82 Å². The maximum Gasteiger partial charge on any atom is 0.228 e. The third kappa shape index (κ3) is 1.99. The van der Waals surface area contributed by atoms with Crippen LogP contribution in [0.3, 0.4) is 0 Å². The second-order valence-electron chi connectivity index (χ2n) is 1.95. The molecule has 0 unspecified atom stereocenters. The third-order valence-electron chi connectivity index (χ3n) is 1.18. The van der Waals surface area contributed by atoms with Crippen molar-refractivity contribution in [1.29, 1.82) is 0 Å². The standard InChI is InChI=1S/C7H4Cl2F2O/c8-5-1-4(12-3-10)2-6(9)7(5)11/h1-2H,3H2. The molecule has 1 aromatic rings. The van der Waals surface area contributed by atoms with Crippen molar-refractivity contribution in [1.82, 2.24) is 0 Å². The Morgan fingerprint density at radius 1 is 1.25 bits per heavy atom. The summed E-state index contributed by atoms with van der Waals surface area (Å²) >= 11 is 10.8. The van der Waals surface area contributed by atoms with E-state index in [1.54, 1.807) is 0 Å². The molecule has 0 aliphatic heterocycles. The van der Waals surface area contributed by atoms with Gasteiger partial charge in [-0.1, -0.05) is 23.2 Å². The number of hydrogen-bond donors (Lipinski definition) is 0. The minimum atomic E-state index is -1.00. The maximum absolute atomic E-state index is 12.7. The van der Waals surface area contributed by atoms with E-state index in [2.05, 4.69) is 4.74 Å². The third-order valence-corrected chi connectivity index (χ3v) is 1.73. The van der Waals surface area contributed by atoms with Gasteiger partial charge in [-0.25, -0.2) is 8.78 Å². The normalized spacial score (nSPS) is 10.0. The predicted octanol–water partition coefficient (Wildman–Crippen LogP) is 3.44. The molecule has 0 radical (unpaired) electrons. The first-order chi connectivity index (χ1) is 5.65. The molecular weight excluding hydrogens is 209 g/mol. The molecule has 0 aliphatic rings. The Bertz CT molecular complexity index is 268. The van der Waals surface area contributed by atoms with Crippen molar-refractivity contribution in [3.05, 3.63) is 28.0 Å². The van der Waals surface area contributed by atoms with Crippen molar-refractivity contribution in [3.8, 4) is 5.75 Å². The van der Waals surface area contributed by atoms with E-state index in [1.807, 2.05) is 0 Å². The second-order valence-corrected chi connectivity index (χ2v) is 2.77. The van der Waals surface area contributed by atoms with E-state index in [9.17, 15) is 8.78 Å². The molecule has 0 N–H and O–H groups in total. The minimum absolute atomic E-state index is 0.105. The summed E-state index contributed by atoms with van der Waals surface area (Å²) in [7, 11) is 0. The Kier molecular flexibility index (Phi) is 3.12. The van der Waals surface area contributed by atoms with Crippen LogP contribution in [-0.4, -0.2) is 6.86 Å². The SMILES string of the molecule is FCOc1cc(Cl)c(F)c(Cl)c1. The zero-order valence-corrected chi connectivity index (χ0v) is 7.29. The first kappa shape index (κ1) is 9.55. The summed E-state index contributed by atoms with van der Waals surface area (Å²) in [6, 6.07) is 2.31. The van der Waals surface area contributed by atoms with Gasteiger partial charge in [-0.2, -0.15) is 0 Å². The van der Waals surface area contributed by atoms with Crippen LogP contribution >= 0.6 is 23.2 Å². The van der Waals surface area contributed by atoms with Crippen molar-refractivity contribution >= 4 is 23.2 Å². The number of ether oxygens (including phenoxy) is 1. The number of hydrogen-bond acceptors (Lipinski definition) is 1. The van der Waals surface area contributed by atoms with Crippen LogP contribution in [0.2, 0.25) is 10.0 Å². The first-order valence-corrected chi connectivity index (χ1v) is 3.74. The fourth-order valence-electron chi connectivity index (χ4n) is 0.679. The topological polar surface area (TPSA) is 9.23 Å². The van der Waals surface area contributed by atoms with Gasteiger partial charge >= 0.3 is 0 Å². The molecule has 0 aliphatic carbocycles. The lowest BCUT2D eigenvalue weighted by Crippen LogP contribution is -1.91. The highest BCUT2D eigenvalue weighted by Gasteiger charge is 2.07. The number of benzene rings is 1. The molecule has 0 atom stereocenters. The van der Waals surface area contributed by atoms with Crippen LogP contribution in [0.5, 0.6) is 5.75 Å². The van der Waals surface area contributed by atoms with Crippen LogP contribution in [0.4, 0.5) is 8.78 Å². The van der Waals surface area contributed by atoms with E-state index in [4.69, 9.17) is 23.2 Å². The molecule has 0 saturated heterocycles. The van der Waals surface area contributed by atoms with Crippen LogP contribution in [0.1, 0.15) is 0 Å². The first-order valence-electron chi connectivity index (χ1n) is 2.98. The van der Waals surface area contributed by atoms with E-state index >= 15 is 0 Å². The highest BCUT2D eigenvalue weighted by Crippen LogP contribution is 2.28. The minimum Gasteiger partial charge on any atom is -0.463 e. The Balaban J connectivity index is 3.04. The van der Waals surface area contributed by atoms with E-state index in [0.717, 1.165) is 12.1 Å². The molecule has 1 aromatic carbocycles. The Hall–Kier alpha value is -0.540. The van der Waals surface area contributed by atoms with Gasteiger partial charge in [0.05, 0.1) is 10.0 Å². The molecule has 12 heavy (non-hydrogen) atoms. The van der Waals surface area contributed by atoms with Crippen molar-refractivity contribution in [2.24, 2.45) is 0 Å². The smallest absolute Gasteiger partial charge is 0.228 e. The van der Waals surface area contributed by atoms with Gasteiger partial charge in [-0.3, -0.25) is 0 Å². The summed E-state index contributed by atoms with van der Waals surface area (Å²) in [6.07, 6.45) is 0. The monoisotopic (exact) mass is 212 g/mol. The van der Waals surface area contributed by atoms with Crippen molar-refractivity contribution in [2.75, 3.05) is 6.86 Å². The molecular formula is C7H4Cl2F2O. The van der Waals surface area contributed by atoms with Gasteiger partial charge in [0.1, 0.15) is 5.75 Å². The van der Waals surface area contributed by atoms with Gasteiger partial charge < -0.3 is 4.74 Å². The van der Waals surface area contributed by atoms with Crippen molar-refractivity contribution in [2.45, 2.75) is 0 Å². The van der Waals surface area contributed by atoms with Gasteiger partial charge in [0, 0.05) is 12.1 Å².